The van der Waals surface area contributed by atoms with Gasteiger partial charge in [0, 0.05) is 17.3 Å². The van der Waals surface area contributed by atoms with Crippen molar-refractivity contribution < 1.29 is 10.0 Å². The molecular weight excluding hydrogens is 222 g/mol. The third-order valence-electron chi connectivity index (χ3n) is 3.02. The Morgan fingerprint density at radius 1 is 1.53 bits per heavy atom. The highest BCUT2D eigenvalue weighted by atomic mass is 16.6. The van der Waals surface area contributed by atoms with Crippen LogP contribution in [0.15, 0.2) is 35.7 Å². The van der Waals surface area contributed by atoms with E-state index in [1.807, 2.05) is 0 Å². The molecule has 1 aromatic heterocycles. The summed E-state index contributed by atoms with van der Waals surface area (Å²) in [6.45, 7) is 3.58. The fraction of sp³-hybridized carbons (Fsp3) is 0.364. The average molecular weight is 235 g/mol. The molecule has 2 unspecified atom stereocenters. The van der Waals surface area contributed by atoms with Crippen molar-refractivity contribution in [1.29, 1.82) is 0 Å². The minimum absolute atomic E-state index is 0.183. The Bertz CT molecular complexity index is 504. The number of aromatic nitrogens is 2. The van der Waals surface area contributed by atoms with Crippen LogP contribution in [0.5, 0.6) is 0 Å². The summed E-state index contributed by atoms with van der Waals surface area (Å²) in [4.78, 5) is 17.2. The van der Waals surface area contributed by atoms with E-state index < -0.39 is 16.6 Å². The molecule has 1 heterocycles. The van der Waals surface area contributed by atoms with Crippen LogP contribution < -0.4 is 0 Å². The normalized spacial score (nSPS) is 28.5. The molecule has 0 radical (unpaired) electrons. The lowest BCUT2D eigenvalue weighted by Crippen LogP contribution is -2.44. The number of nitro groups is 1. The number of hydrogen-bond donors (Lipinski definition) is 2. The molecule has 2 rings (SSSR count). The number of nitrogens with one attached hydrogen (secondary N) is 1. The van der Waals surface area contributed by atoms with Crippen LogP contribution in [-0.4, -0.2) is 26.0 Å². The van der Waals surface area contributed by atoms with Crippen molar-refractivity contribution >= 4 is 0 Å². The third kappa shape index (κ3) is 1.76. The van der Waals surface area contributed by atoms with E-state index in [0.717, 1.165) is 11.1 Å². The van der Waals surface area contributed by atoms with E-state index in [4.69, 9.17) is 0 Å². The number of allylic oxidation sites excluding steroid dienone is 2. The van der Waals surface area contributed by atoms with E-state index in [1.165, 1.54) is 24.5 Å². The van der Waals surface area contributed by atoms with Crippen LogP contribution in [0.1, 0.15) is 19.7 Å². The Kier molecular flexibility index (Phi) is 2.59. The Balaban J connectivity index is 2.55. The molecule has 0 amide bonds. The number of aromatic amines is 1. The van der Waals surface area contributed by atoms with E-state index in [2.05, 4.69) is 9.97 Å². The van der Waals surface area contributed by atoms with Gasteiger partial charge in [0.05, 0.1) is 0 Å². The maximum Gasteiger partial charge on any atom is 0.270 e. The molecule has 2 atom stereocenters. The van der Waals surface area contributed by atoms with Crippen molar-refractivity contribution in [3.05, 3.63) is 51.6 Å². The summed E-state index contributed by atoms with van der Waals surface area (Å²) in [5.41, 5.74) is -0.110. The van der Waals surface area contributed by atoms with Crippen LogP contribution in [-0.2, 0) is 5.60 Å². The summed E-state index contributed by atoms with van der Waals surface area (Å²) < 4.78 is 0. The predicted molar refractivity (Wildman–Crippen MR) is 60.8 cm³/mol. The molecule has 2 N–H and O–H groups in total. The molecule has 0 aromatic carbocycles. The second-order valence-electron chi connectivity index (χ2n) is 4.17. The van der Waals surface area contributed by atoms with Crippen molar-refractivity contribution in [2.45, 2.75) is 25.5 Å². The van der Waals surface area contributed by atoms with Gasteiger partial charge in [0.2, 0.25) is 5.60 Å². The van der Waals surface area contributed by atoms with Gasteiger partial charge in [-0.05, 0) is 37.1 Å². The molecule has 17 heavy (non-hydrogen) atoms. The molecule has 0 saturated heterocycles. The predicted octanol–water partition coefficient (Wildman–Crippen LogP) is 1.15. The maximum absolute atomic E-state index is 11.0. The monoisotopic (exact) mass is 235 g/mol. The summed E-state index contributed by atoms with van der Waals surface area (Å²) in [6.07, 6.45) is 5.92. The first-order valence-electron chi connectivity index (χ1n) is 5.19. The molecule has 1 aliphatic rings. The summed E-state index contributed by atoms with van der Waals surface area (Å²) in [6, 6.07) is -1.22. The lowest BCUT2D eigenvalue weighted by Gasteiger charge is -2.28. The van der Waals surface area contributed by atoms with Gasteiger partial charge in [-0.2, -0.15) is 0 Å². The molecule has 0 spiro atoms. The van der Waals surface area contributed by atoms with E-state index in [1.54, 1.807) is 13.8 Å². The molecule has 1 aliphatic carbocycles. The zero-order valence-corrected chi connectivity index (χ0v) is 9.54. The molecule has 1 aromatic rings. The number of H-pyrrole nitrogens is 1. The van der Waals surface area contributed by atoms with Crippen molar-refractivity contribution in [2.75, 3.05) is 0 Å². The van der Waals surface area contributed by atoms with E-state index in [9.17, 15) is 15.2 Å². The number of rotatable bonds is 2. The van der Waals surface area contributed by atoms with E-state index >= 15 is 0 Å². The van der Waals surface area contributed by atoms with Crippen LogP contribution in [0.25, 0.3) is 0 Å². The van der Waals surface area contributed by atoms with Crippen LogP contribution in [0.4, 0.5) is 0 Å². The lowest BCUT2D eigenvalue weighted by atomic mass is 9.83. The SMILES string of the molecule is CC1=CC([N+](=O)[O-])C(O)(c2ncc[nH]2)C=C1C. The van der Waals surface area contributed by atoms with Crippen molar-refractivity contribution in [3.8, 4) is 0 Å². The second kappa shape index (κ2) is 3.81. The highest BCUT2D eigenvalue weighted by Crippen LogP contribution is 2.34. The number of imidazole rings is 1. The van der Waals surface area contributed by atoms with Crippen molar-refractivity contribution in [1.82, 2.24) is 9.97 Å². The van der Waals surface area contributed by atoms with Gasteiger partial charge in [-0.25, -0.2) is 4.98 Å². The van der Waals surface area contributed by atoms with Crippen LogP contribution >= 0.6 is 0 Å². The molecule has 0 aliphatic heterocycles. The molecule has 6 heteroatoms. The van der Waals surface area contributed by atoms with Crippen LogP contribution in [0, 0.1) is 10.1 Å². The van der Waals surface area contributed by atoms with Crippen molar-refractivity contribution in [3.63, 3.8) is 0 Å². The number of nitrogens with zero attached hydrogens (tertiary/aromatic N) is 2. The fourth-order valence-electron chi connectivity index (χ4n) is 1.94. The summed E-state index contributed by atoms with van der Waals surface area (Å²) in [5, 5.41) is 21.5. The van der Waals surface area contributed by atoms with Gasteiger partial charge < -0.3 is 10.1 Å². The van der Waals surface area contributed by atoms with Gasteiger partial charge in [0.1, 0.15) is 5.82 Å². The van der Waals surface area contributed by atoms with Gasteiger partial charge in [0.25, 0.3) is 6.04 Å². The minimum Gasteiger partial charge on any atom is -0.372 e. The molecule has 0 bridgehead atoms. The first kappa shape index (κ1) is 11.5. The average Bonchev–Trinajstić information content (AvgIpc) is 2.76. The number of hydrogen-bond acceptors (Lipinski definition) is 4. The first-order valence-corrected chi connectivity index (χ1v) is 5.19. The highest BCUT2D eigenvalue weighted by Gasteiger charge is 2.48. The molecule has 0 fully saturated rings. The second-order valence-corrected chi connectivity index (χ2v) is 4.17. The summed E-state index contributed by atoms with van der Waals surface area (Å²) in [5.74, 6) is 0.183. The fourth-order valence-corrected chi connectivity index (χ4v) is 1.94. The van der Waals surface area contributed by atoms with Gasteiger partial charge in [-0.3, -0.25) is 10.1 Å². The van der Waals surface area contributed by atoms with Gasteiger partial charge >= 0.3 is 0 Å². The van der Waals surface area contributed by atoms with Gasteiger partial charge in [0.15, 0.2) is 0 Å². The molecule has 90 valence electrons. The van der Waals surface area contributed by atoms with Crippen LogP contribution in [0.3, 0.4) is 0 Å². The standard InChI is InChI=1S/C11H13N3O3/c1-7-5-9(14(16)17)11(15,6-8(7)2)10-12-3-4-13-10/h3-6,9,15H,1-2H3,(H,12,13). The van der Waals surface area contributed by atoms with Gasteiger partial charge in [-0.1, -0.05) is 0 Å². The van der Waals surface area contributed by atoms with Crippen LogP contribution in [0.2, 0.25) is 0 Å². The lowest BCUT2D eigenvalue weighted by molar-refractivity contribution is -0.531. The molecule has 0 saturated carbocycles. The van der Waals surface area contributed by atoms with E-state index in [0.29, 0.717) is 0 Å². The first-order chi connectivity index (χ1) is 7.95. The third-order valence-corrected chi connectivity index (χ3v) is 3.02. The Morgan fingerprint density at radius 2 is 2.24 bits per heavy atom. The Hall–Kier alpha value is -1.95. The smallest absolute Gasteiger partial charge is 0.270 e. The van der Waals surface area contributed by atoms with Crippen molar-refractivity contribution in [2.24, 2.45) is 0 Å². The topological polar surface area (TPSA) is 92.1 Å². The molecule has 6 nitrogen and oxygen atoms in total. The Labute approximate surface area is 97.8 Å². The highest BCUT2D eigenvalue weighted by molar-refractivity contribution is 5.39. The molecular formula is C11H13N3O3. The quantitative estimate of drug-likeness (QED) is 0.594. The summed E-state index contributed by atoms with van der Waals surface area (Å²) in [7, 11) is 0. The zero-order valence-electron chi connectivity index (χ0n) is 9.54. The summed E-state index contributed by atoms with van der Waals surface area (Å²) >= 11 is 0. The largest absolute Gasteiger partial charge is 0.372 e. The zero-order chi connectivity index (χ0) is 12.6. The maximum atomic E-state index is 11.0. The van der Waals surface area contributed by atoms with Gasteiger partial charge in [-0.15, -0.1) is 0 Å². The number of aliphatic hydroxyl groups is 1. The Morgan fingerprint density at radius 3 is 2.76 bits per heavy atom. The van der Waals surface area contributed by atoms with E-state index in [-0.39, 0.29) is 5.82 Å². The minimum atomic E-state index is -1.71.